The van der Waals surface area contributed by atoms with Crippen molar-refractivity contribution in [2.45, 2.75) is 20.0 Å². The summed E-state index contributed by atoms with van der Waals surface area (Å²) in [6, 6.07) is 10.1. The predicted molar refractivity (Wildman–Crippen MR) is 95.1 cm³/mol. The van der Waals surface area contributed by atoms with Crippen LogP contribution in [0, 0.1) is 5.82 Å². The van der Waals surface area contributed by atoms with Crippen molar-refractivity contribution in [1.29, 1.82) is 0 Å². The van der Waals surface area contributed by atoms with Gasteiger partial charge in [0.1, 0.15) is 18.0 Å². The summed E-state index contributed by atoms with van der Waals surface area (Å²) in [5.74, 6) is 0.407. The molecule has 0 amide bonds. The first-order valence-corrected chi connectivity index (χ1v) is 8.01. The zero-order valence-electron chi connectivity index (χ0n) is 13.6. The van der Waals surface area contributed by atoms with Crippen molar-refractivity contribution in [3.05, 3.63) is 64.6 Å². The second-order valence-corrected chi connectivity index (χ2v) is 5.76. The van der Waals surface area contributed by atoms with Crippen molar-refractivity contribution in [1.82, 2.24) is 19.5 Å². The monoisotopic (exact) mass is 337 g/mol. The van der Waals surface area contributed by atoms with Crippen LogP contribution in [0.15, 0.2) is 47.5 Å². The molecule has 126 valence electrons. The van der Waals surface area contributed by atoms with E-state index in [4.69, 9.17) is 0 Å². The number of anilines is 1. The molecule has 4 rings (SSSR count). The summed E-state index contributed by atoms with van der Waals surface area (Å²) >= 11 is 0. The molecule has 0 radical (unpaired) electrons. The van der Waals surface area contributed by atoms with Crippen LogP contribution in [0.4, 0.5) is 10.2 Å². The zero-order chi connectivity index (χ0) is 17.4. The van der Waals surface area contributed by atoms with Crippen molar-refractivity contribution in [3.8, 4) is 0 Å². The Hall–Kier alpha value is -3.22. The fraction of sp³-hybridized carbons (Fsp3) is 0.167. The maximum atomic E-state index is 13.0. The normalized spacial score (nSPS) is 11.3. The van der Waals surface area contributed by atoms with E-state index in [9.17, 15) is 9.18 Å². The van der Waals surface area contributed by atoms with E-state index in [2.05, 4.69) is 20.3 Å². The first-order chi connectivity index (χ1) is 12.2. The van der Waals surface area contributed by atoms with Crippen LogP contribution in [0.1, 0.15) is 12.5 Å². The third-order valence-corrected chi connectivity index (χ3v) is 4.22. The highest BCUT2D eigenvalue weighted by molar-refractivity contribution is 5.98. The van der Waals surface area contributed by atoms with Gasteiger partial charge in [0.25, 0.3) is 0 Å². The molecule has 2 heterocycles. The van der Waals surface area contributed by atoms with Crippen LogP contribution in [-0.2, 0) is 13.1 Å². The molecular weight excluding hydrogens is 321 g/mol. The highest BCUT2D eigenvalue weighted by atomic mass is 19.1. The lowest BCUT2D eigenvalue weighted by molar-refractivity contribution is 0.627. The van der Waals surface area contributed by atoms with Gasteiger partial charge in [-0.15, -0.1) is 0 Å². The minimum atomic E-state index is -0.261. The molecule has 0 bridgehead atoms. The topological polar surface area (TPSA) is 75.6 Å². The van der Waals surface area contributed by atoms with E-state index < -0.39 is 0 Å². The highest BCUT2D eigenvalue weighted by Crippen LogP contribution is 2.24. The lowest BCUT2D eigenvalue weighted by atomic mass is 10.2. The Balaban J connectivity index is 1.75. The fourth-order valence-electron chi connectivity index (χ4n) is 2.95. The Kier molecular flexibility index (Phi) is 3.68. The summed E-state index contributed by atoms with van der Waals surface area (Å²) in [7, 11) is 0. The van der Waals surface area contributed by atoms with Gasteiger partial charge in [0.15, 0.2) is 0 Å². The van der Waals surface area contributed by atoms with Crippen molar-refractivity contribution in [3.63, 3.8) is 0 Å². The molecule has 6 nitrogen and oxygen atoms in total. The van der Waals surface area contributed by atoms with E-state index >= 15 is 0 Å². The smallest absolute Gasteiger partial charge is 0.326 e. The van der Waals surface area contributed by atoms with Gasteiger partial charge in [0.05, 0.1) is 16.6 Å². The van der Waals surface area contributed by atoms with Crippen molar-refractivity contribution < 1.29 is 4.39 Å². The molecule has 0 spiro atoms. The van der Waals surface area contributed by atoms with Gasteiger partial charge in [-0.1, -0.05) is 12.1 Å². The fourth-order valence-corrected chi connectivity index (χ4v) is 2.95. The van der Waals surface area contributed by atoms with Gasteiger partial charge in [0, 0.05) is 18.5 Å². The number of nitrogens with zero attached hydrogens (tertiary/aromatic N) is 3. The number of imidazole rings is 1. The number of nitrogens with one attached hydrogen (secondary N) is 2. The van der Waals surface area contributed by atoms with Gasteiger partial charge in [0.2, 0.25) is 0 Å². The van der Waals surface area contributed by atoms with Crippen molar-refractivity contribution in [2.75, 3.05) is 5.32 Å². The maximum absolute atomic E-state index is 13.0. The number of hydrogen-bond donors (Lipinski definition) is 2. The number of rotatable bonds is 4. The molecule has 2 N–H and O–H groups in total. The van der Waals surface area contributed by atoms with E-state index in [0.717, 1.165) is 27.5 Å². The zero-order valence-corrected chi connectivity index (χ0v) is 13.6. The van der Waals surface area contributed by atoms with E-state index in [1.165, 1.54) is 18.5 Å². The van der Waals surface area contributed by atoms with E-state index in [-0.39, 0.29) is 11.5 Å². The molecule has 0 aliphatic carbocycles. The summed E-state index contributed by atoms with van der Waals surface area (Å²) in [5.41, 5.74) is 3.13. The van der Waals surface area contributed by atoms with E-state index in [1.54, 1.807) is 16.7 Å². The molecule has 0 atom stereocenters. The SMILES string of the molecule is CCn1c(=O)[nH]c2cc3c(NCc4ccc(F)cc4)ncnc3cc21. The molecule has 2 aromatic heterocycles. The summed E-state index contributed by atoms with van der Waals surface area (Å²) in [6.07, 6.45) is 1.49. The van der Waals surface area contributed by atoms with Crippen molar-refractivity contribution >= 4 is 27.8 Å². The average molecular weight is 337 g/mol. The number of fused-ring (bicyclic) bond motifs is 2. The Morgan fingerprint density at radius 2 is 2.00 bits per heavy atom. The van der Waals surface area contributed by atoms with Gasteiger partial charge in [-0.2, -0.15) is 0 Å². The van der Waals surface area contributed by atoms with Crippen LogP contribution in [0.2, 0.25) is 0 Å². The second kappa shape index (κ2) is 6.01. The largest absolute Gasteiger partial charge is 0.365 e. The van der Waals surface area contributed by atoms with Crippen LogP contribution in [-0.4, -0.2) is 19.5 Å². The average Bonchev–Trinajstić information content (AvgIpc) is 2.93. The molecule has 4 aromatic rings. The summed E-state index contributed by atoms with van der Waals surface area (Å²) in [4.78, 5) is 23.5. The highest BCUT2D eigenvalue weighted by Gasteiger charge is 2.10. The van der Waals surface area contributed by atoms with Gasteiger partial charge in [-0.05, 0) is 36.8 Å². The Morgan fingerprint density at radius 1 is 1.20 bits per heavy atom. The standard InChI is InChI=1S/C18H16FN5O/c1-2-24-16-8-14-13(7-15(16)23-18(24)25)17(22-10-21-14)20-9-11-3-5-12(19)6-4-11/h3-8,10H,2,9H2,1H3,(H,23,25)(H,20,21,22). The third kappa shape index (κ3) is 2.73. The number of benzene rings is 2. The van der Waals surface area contributed by atoms with Gasteiger partial charge < -0.3 is 10.3 Å². The summed E-state index contributed by atoms with van der Waals surface area (Å²) < 4.78 is 14.7. The van der Waals surface area contributed by atoms with Crippen LogP contribution in [0.25, 0.3) is 21.9 Å². The molecule has 0 saturated carbocycles. The summed E-state index contributed by atoms with van der Waals surface area (Å²) in [5, 5.41) is 4.07. The maximum Gasteiger partial charge on any atom is 0.326 e. The van der Waals surface area contributed by atoms with Crippen LogP contribution < -0.4 is 11.0 Å². The van der Waals surface area contributed by atoms with Crippen LogP contribution >= 0.6 is 0 Å². The minimum absolute atomic E-state index is 0.137. The molecule has 0 unspecified atom stereocenters. The van der Waals surface area contributed by atoms with E-state index in [0.29, 0.717) is 18.9 Å². The first-order valence-electron chi connectivity index (χ1n) is 8.01. The Bertz CT molecular complexity index is 1110. The minimum Gasteiger partial charge on any atom is -0.365 e. The molecule has 7 heteroatoms. The molecule has 0 aliphatic heterocycles. The number of H-pyrrole nitrogens is 1. The van der Waals surface area contributed by atoms with Crippen LogP contribution in [0.5, 0.6) is 0 Å². The Morgan fingerprint density at radius 3 is 2.76 bits per heavy atom. The number of hydrogen-bond acceptors (Lipinski definition) is 4. The molecule has 0 fully saturated rings. The Labute approximate surface area is 142 Å². The summed E-state index contributed by atoms with van der Waals surface area (Å²) in [6.45, 7) is 3.02. The lowest BCUT2D eigenvalue weighted by Crippen LogP contribution is -2.14. The quantitative estimate of drug-likeness (QED) is 0.600. The van der Waals surface area contributed by atoms with Gasteiger partial charge in [-0.25, -0.2) is 19.2 Å². The van der Waals surface area contributed by atoms with Crippen molar-refractivity contribution in [2.24, 2.45) is 0 Å². The molecule has 0 saturated heterocycles. The number of aromatic amines is 1. The second-order valence-electron chi connectivity index (χ2n) is 5.76. The lowest BCUT2D eigenvalue weighted by Gasteiger charge is -2.09. The number of halogens is 1. The third-order valence-electron chi connectivity index (χ3n) is 4.22. The molecular formula is C18H16FN5O. The van der Waals surface area contributed by atoms with Gasteiger partial charge in [-0.3, -0.25) is 4.57 Å². The van der Waals surface area contributed by atoms with Crippen LogP contribution in [0.3, 0.4) is 0 Å². The molecule has 2 aromatic carbocycles. The predicted octanol–water partition coefficient (Wildman–Crippen LogP) is 3.04. The number of aromatic nitrogens is 4. The molecule has 25 heavy (non-hydrogen) atoms. The molecule has 0 aliphatic rings. The number of aryl methyl sites for hydroxylation is 1. The first kappa shape index (κ1) is 15.3. The van der Waals surface area contributed by atoms with E-state index in [1.807, 2.05) is 19.1 Å². The van der Waals surface area contributed by atoms with Gasteiger partial charge >= 0.3 is 5.69 Å².